The van der Waals surface area contributed by atoms with Crippen LogP contribution in [0.25, 0.3) is 0 Å². The zero-order valence-electron chi connectivity index (χ0n) is 10.8. The van der Waals surface area contributed by atoms with E-state index >= 15 is 0 Å². The van der Waals surface area contributed by atoms with Gasteiger partial charge in [-0.1, -0.05) is 6.08 Å². The van der Waals surface area contributed by atoms with Crippen molar-refractivity contribution in [1.29, 1.82) is 0 Å². The lowest BCUT2D eigenvalue weighted by atomic mass is 10.3. The first-order valence-electron chi connectivity index (χ1n) is 5.21. The monoisotopic (exact) mass is 340 g/mol. The Morgan fingerprint density at radius 1 is 1.10 bits per heavy atom. The first-order chi connectivity index (χ1) is 9.17. The SMILES string of the molecule is C=CCS(=O)(=O)c1cc(S(=O)(=O)Cl)c(OC)cc1OC. The van der Waals surface area contributed by atoms with Gasteiger partial charge in [0.05, 0.1) is 20.0 Å². The van der Waals surface area contributed by atoms with Crippen LogP contribution in [0.3, 0.4) is 0 Å². The van der Waals surface area contributed by atoms with Crippen LogP contribution in [-0.2, 0) is 18.9 Å². The van der Waals surface area contributed by atoms with Crippen LogP contribution in [0.4, 0.5) is 0 Å². The number of hydrogen-bond acceptors (Lipinski definition) is 6. The Balaban J connectivity index is 3.73. The van der Waals surface area contributed by atoms with Gasteiger partial charge in [0.25, 0.3) is 9.05 Å². The minimum Gasteiger partial charge on any atom is -0.495 e. The maximum absolute atomic E-state index is 12.1. The second-order valence-electron chi connectivity index (χ2n) is 3.66. The summed E-state index contributed by atoms with van der Waals surface area (Å²) in [5.74, 6) is -0.501. The predicted molar refractivity (Wildman–Crippen MR) is 74.8 cm³/mol. The van der Waals surface area contributed by atoms with E-state index in [2.05, 4.69) is 6.58 Å². The average Bonchev–Trinajstić information content (AvgIpc) is 2.35. The largest absolute Gasteiger partial charge is 0.495 e. The van der Waals surface area contributed by atoms with Gasteiger partial charge in [-0.05, 0) is 6.07 Å². The summed E-state index contributed by atoms with van der Waals surface area (Å²) in [7, 11) is -0.181. The summed E-state index contributed by atoms with van der Waals surface area (Å²) < 4.78 is 56.9. The number of methoxy groups -OCH3 is 2. The molecule has 0 aliphatic carbocycles. The van der Waals surface area contributed by atoms with Crippen LogP contribution in [0.1, 0.15) is 0 Å². The molecule has 0 radical (unpaired) electrons. The zero-order chi connectivity index (χ0) is 15.6. The van der Waals surface area contributed by atoms with Gasteiger partial charge < -0.3 is 9.47 Å². The van der Waals surface area contributed by atoms with Crippen molar-refractivity contribution in [2.24, 2.45) is 0 Å². The van der Waals surface area contributed by atoms with E-state index < -0.39 is 23.8 Å². The molecule has 0 unspecified atom stereocenters. The van der Waals surface area contributed by atoms with E-state index in [0.717, 1.165) is 12.1 Å². The molecule has 0 amide bonds. The second kappa shape index (κ2) is 6.02. The maximum atomic E-state index is 12.1. The van der Waals surface area contributed by atoms with Crippen LogP contribution in [0.2, 0.25) is 0 Å². The third kappa shape index (κ3) is 3.44. The molecule has 1 rings (SSSR count). The van der Waals surface area contributed by atoms with Crippen molar-refractivity contribution in [2.45, 2.75) is 9.79 Å². The fourth-order valence-corrected chi connectivity index (χ4v) is 3.83. The fraction of sp³-hybridized carbons (Fsp3) is 0.273. The van der Waals surface area contributed by atoms with E-state index in [1.165, 1.54) is 20.3 Å². The number of ether oxygens (including phenoxy) is 2. The van der Waals surface area contributed by atoms with Gasteiger partial charge in [-0.15, -0.1) is 6.58 Å². The van der Waals surface area contributed by atoms with Gasteiger partial charge in [-0.3, -0.25) is 0 Å². The van der Waals surface area contributed by atoms with Crippen molar-refractivity contribution in [3.63, 3.8) is 0 Å². The molecule has 1 aromatic rings. The minimum atomic E-state index is -4.17. The van der Waals surface area contributed by atoms with Crippen LogP contribution in [0.5, 0.6) is 11.5 Å². The van der Waals surface area contributed by atoms with Gasteiger partial charge in [0.1, 0.15) is 21.3 Å². The molecular formula is C11H13ClO6S2. The molecule has 0 spiro atoms. The van der Waals surface area contributed by atoms with Crippen LogP contribution in [0.15, 0.2) is 34.6 Å². The quantitative estimate of drug-likeness (QED) is 0.577. The van der Waals surface area contributed by atoms with E-state index in [1.54, 1.807) is 0 Å². The highest BCUT2D eigenvalue weighted by Gasteiger charge is 2.26. The molecule has 112 valence electrons. The summed E-state index contributed by atoms with van der Waals surface area (Å²) in [6.07, 6.45) is 1.19. The molecule has 1 aromatic carbocycles. The molecule has 0 atom stereocenters. The van der Waals surface area contributed by atoms with Crippen molar-refractivity contribution in [1.82, 2.24) is 0 Å². The third-order valence-electron chi connectivity index (χ3n) is 2.38. The van der Waals surface area contributed by atoms with Gasteiger partial charge in [0.15, 0.2) is 9.84 Å². The summed E-state index contributed by atoms with van der Waals surface area (Å²) in [5, 5.41) is 0. The molecule has 0 saturated carbocycles. The van der Waals surface area contributed by atoms with E-state index in [-0.39, 0.29) is 22.1 Å². The van der Waals surface area contributed by atoms with Crippen molar-refractivity contribution >= 4 is 29.6 Å². The van der Waals surface area contributed by atoms with E-state index in [9.17, 15) is 16.8 Å². The normalized spacial score (nSPS) is 11.9. The topological polar surface area (TPSA) is 86.7 Å². The molecule has 20 heavy (non-hydrogen) atoms. The van der Waals surface area contributed by atoms with Crippen molar-refractivity contribution in [3.05, 3.63) is 24.8 Å². The maximum Gasteiger partial charge on any atom is 0.265 e. The van der Waals surface area contributed by atoms with Gasteiger partial charge in [0, 0.05) is 16.7 Å². The van der Waals surface area contributed by atoms with Crippen molar-refractivity contribution < 1.29 is 26.3 Å². The van der Waals surface area contributed by atoms with Crippen molar-refractivity contribution in [2.75, 3.05) is 20.0 Å². The zero-order valence-corrected chi connectivity index (χ0v) is 13.2. The third-order valence-corrected chi connectivity index (χ3v) is 5.39. The number of rotatable bonds is 6. The smallest absolute Gasteiger partial charge is 0.265 e. The minimum absolute atomic E-state index is 0.0345. The first kappa shape index (κ1) is 16.8. The Kier molecular flexibility index (Phi) is 5.06. The number of halogens is 1. The fourth-order valence-electron chi connectivity index (χ4n) is 1.52. The van der Waals surface area contributed by atoms with Crippen LogP contribution in [0, 0.1) is 0 Å². The van der Waals surface area contributed by atoms with E-state index in [0.29, 0.717) is 0 Å². The molecule has 0 aliphatic rings. The lowest BCUT2D eigenvalue weighted by Gasteiger charge is -2.13. The lowest BCUT2D eigenvalue weighted by molar-refractivity contribution is 0.379. The first-order valence-corrected chi connectivity index (χ1v) is 9.18. The van der Waals surface area contributed by atoms with Crippen molar-refractivity contribution in [3.8, 4) is 11.5 Å². The summed E-state index contributed by atoms with van der Waals surface area (Å²) >= 11 is 0. The highest BCUT2D eigenvalue weighted by atomic mass is 35.7. The summed E-state index contributed by atoms with van der Waals surface area (Å²) in [6, 6.07) is 2.07. The number of hydrogen-bond donors (Lipinski definition) is 0. The Morgan fingerprint density at radius 2 is 1.60 bits per heavy atom. The molecular weight excluding hydrogens is 328 g/mol. The summed E-state index contributed by atoms with van der Waals surface area (Å²) in [4.78, 5) is -0.731. The Morgan fingerprint density at radius 3 is 2.00 bits per heavy atom. The molecule has 9 heteroatoms. The number of benzene rings is 1. The van der Waals surface area contributed by atoms with Crippen LogP contribution >= 0.6 is 10.7 Å². The predicted octanol–water partition coefficient (Wildman–Crippen LogP) is 1.59. The van der Waals surface area contributed by atoms with Gasteiger partial charge in [-0.25, -0.2) is 16.8 Å². The molecule has 6 nitrogen and oxygen atoms in total. The molecule has 0 N–H and O–H groups in total. The molecule has 0 aromatic heterocycles. The van der Waals surface area contributed by atoms with Crippen LogP contribution < -0.4 is 9.47 Å². The molecule has 0 heterocycles. The molecule has 0 saturated heterocycles. The van der Waals surface area contributed by atoms with Crippen LogP contribution in [-0.4, -0.2) is 36.8 Å². The Bertz CT molecular complexity index is 722. The summed E-state index contributed by atoms with van der Waals surface area (Å²) in [5.41, 5.74) is 0. The highest BCUT2D eigenvalue weighted by molar-refractivity contribution is 8.13. The van der Waals surface area contributed by atoms with E-state index in [4.69, 9.17) is 20.2 Å². The number of sulfone groups is 1. The lowest BCUT2D eigenvalue weighted by Crippen LogP contribution is -2.09. The Hall–Kier alpha value is -1.25. The molecule has 0 fully saturated rings. The highest BCUT2D eigenvalue weighted by Crippen LogP contribution is 2.36. The standard InChI is InChI=1S/C11H13ClO6S2/c1-4-5-19(13,14)10-7-11(20(12,15)16)9(18-3)6-8(10)17-2/h4,6-7H,1,5H2,2-3H3. The Labute approximate surface area is 122 Å². The van der Waals surface area contributed by atoms with Gasteiger partial charge in [-0.2, -0.15) is 0 Å². The van der Waals surface area contributed by atoms with Gasteiger partial charge in [0.2, 0.25) is 0 Å². The molecule has 0 aliphatic heterocycles. The molecule has 0 bridgehead atoms. The second-order valence-corrected chi connectivity index (χ2v) is 8.20. The van der Waals surface area contributed by atoms with E-state index in [1.807, 2.05) is 0 Å². The van der Waals surface area contributed by atoms with Gasteiger partial charge >= 0.3 is 0 Å². The summed E-state index contributed by atoms with van der Waals surface area (Å²) in [6.45, 7) is 3.34. The average molecular weight is 341 g/mol.